The van der Waals surface area contributed by atoms with E-state index in [0.29, 0.717) is 19.0 Å². The number of aromatic nitrogens is 2. The summed E-state index contributed by atoms with van der Waals surface area (Å²) in [5.41, 5.74) is 7.91. The number of carbonyl (C=O) groups excluding carboxylic acids is 1. The van der Waals surface area contributed by atoms with Crippen molar-refractivity contribution in [1.82, 2.24) is 14.5 Å². The minimum Gasteiger partial charge on any atom is -0.331 e. The number of carbonyl (C=O) groups is 1. The predicted molar refractivity (Wildman–Crippen MR) is 134 cm³/mol. The van der Waals surface area contributed by atoms with Crippen molar-refractivity contribution in [3.05, 3.63) is 36.3 Å². The molecule has 0 saturated heterocycles. The Morgan fingerprint density at radius 3 is 2.62 bits per heavy atom. The molecule has 7 nitrogen and oxygen atoms in total. The molecular formula is C26H38N4O3S. The smallest absolute Gasteiger partial charge is 0.240 e. The fraction of sp³-hybridized carbons (Fsp3) is 0.615. The van der Waals surface area contributed by atoms with Crippen molar-refractivity contribution in [2.24, 2.45) is 17.6 Å². The van der Waals surface area contributed by atoms with Gasteiger partial charge in [-0.25, -0.2) is 13.4 Å². The van der Waals surface area contributed by atoms with E-state index in [-0.39, 0.29) is 22.8 Å². The van der Waals surface area contributed by atoms with Crippen molar-refractivity contribution in [3.63, 3.8) is 0 Å². The van der Waals surface area contributed by atoms with Gasteiger partial charge in [0.05, 0.1) is 22.7 Å². The van der Waals surface area contributed by atoms with Crippen LogP contribution in [0.2, 0.25) is 0 Å². The van der Waals surface area contributed by atoms with Crippen molar-refractivity contribution >= 4 is 15.7 Å². The van der Waals surface area contributed by atoms with Crippen molar-refractivity contribution < 1.29 is 13.2 Å². The third kappa shape index (κ3) is 5.23. The van der Waals surface area contributed by atoms with Crippen LogP contribution in [0.3, 0.4) is 0 Å². The number of imidazole rings is 1. The molecule has 1 aliphatic carbocycles. The number of nitrogens with two attached hydrogens (primary N) is 1. The molecule has 2 aliphatic rings. The van der Waals surface area contributed by atoms with Crippen LogP contribution in [0.5, 0.6) is 0 Å². The van der Waals surface area contributed by atoms with Gasteiger partial charge in [0.2, 0.25) is 5.91 Å². The summed E-state index contributed by atoms with van der Waals surface area (Å²) in [5.74, 6) is 1.61. The van der Waals surface area contributed by atoms with E-state index >= 15 is 0 Å². The number of hydrogen-bond donors (Lipinski definition) is 1. The zero-order valence-electron chi connectivity index (χ0n) is 20.6. The molecule has 0 unspecified atom stereocenters. The Bertz CT molecular complexity index is 1120. The molecule has 1 fully saturated rings. The normalized spacial score (nSPS) is 21.2. The SMILES string of the molecule is CC[C@H](C)[C@H](N)C(=O)N1CCn2cc(-c3cccc(S(C)(=O)=O)c3)nc2[C@@H]1CC1CCCCC1. The molecule has 0 bridgehead atoms. The first-order valence-corrected chi connectivity index (χ1v) is 14.5. The molecule has 4 rings (SSSR count). The van der Waals surface area contributed by atoms with Gasteiger partial charge in [0.15, 0.2) is 9.84 Å². The summed E-state index contributed by atoms with van der Waals surface area (Å²) >= 11 is 0. The Hall–Kier alpha value is -2.19. The van der Waals surface area contributed by atoms with Crippen molar-refractivity contribution in [2.45, 2.75) is 82.3 Å². The fourth-order valence-electron chi connectivity index (χ4n) is 5.33. The lowest BCUT2D eigenvalue weighted by Gasteiger charge is -2.40. The lowest BCUT2D eigenvalue weighted by atomic mass is 9.83. The third-order valence-corrected chi connectivity index (χ3v) is 8.84. The monoisotopic (exact) mass is 486 g/mol. The predicted octanol–water partition coefficient (Wildman–Crippen LogP) is 4.18. The molecule has 0 radical (unpaired) electrons. The van der Waals surface area contributed by atoms with Crippen LogP contribution in [0.15, 0.2) is 35.4 Å². The van der Waals surface area contributed by atoms with E-state index in [1.165, 1.54) is 38.4 Å². The summed E-state index contributed by atoms with van der Waals surface area (Å²) in [6, 6.07) is 6.32. The average molecular weight is 487 g/mol. The maximum Gasteiger partial charge on any atom is 0.240 e. The summed E-state index contributed by atoms with van der Waals surface area (Å²) in [7, 11) is -3.31. The van der Waals surface area contributed by atoms with Crippen molar-refractivity contribution in [1.29, 1.82) is 0 Å². The van der Waals surface area contributed by atoms with Crippen LogP contribution in [0, 0.1) is 11.8 Å². The van der Waals surface area contributed by atoms with Crippen LogP contribution >= 0.6 is 0 Å². The average Bonchev–Trinajstić information content (AvgIpc) is 3.28. The van der Waals surface area contributed by atoms with Crippen LogP contribution in [0.4, 0.5) is 0 Å². The van der Waals surface area contributed by atoms with Gasteiger partial charge in [-0.15, -0.1) is 0 Å². The molecule has 186 valence electrons. The number of fused-ring (bicyclic) bond motifs is 1. The molecular weight excluding hydrogens is 448 g/mol. The summed E-state index contributed by atoms with van der Waals surface area (Å²) < 4.78 is 26.3. The summed E-state index contributed by atoms with van der Waals surface area (Å²) in [4.78, 5) is 20.7. The summed E-state index contributed by atoms with van der Waals surface area (Å²) in [6.07, 6.45) is 11.2. The van der Waals surface area contributed by atoms with E-state index in [0.717, 1.165) is 29.9 Å². The highest BCUT2D eigenvalue weighted by Gasteiger charge is 2.37. The number of hydrogen-bond acceptors (Lipinski definition) is 5. The molecule has 1 saturated carbocycles. The standard InChI is InChI=1S/C26H38N4O3S/c1-4-18(2)24(27)26(31)30-14-13-29-17-22(20-11-8-12-21(16-20)34(3,32)33)28-25(29)23(30)15-19-9-6-5-7-10-19/h8,11-12,16-19,23-24H,4-7,9-10,13-15,27H2,1-3H3/t18-,23-,24-/m0/s1. The first-order chi connectivity index (χ1) is 16.2. The molecule has 1 aliphatic heterocycles. The van der Waals surface area contributed by atoms with Crippen LogP contribution < -0.4 is 5.73 Å². The van der Waals surface area contributed by atoms with Crippen molar-refractivity contribution in [2.75, 3.05) is 12.8 Å². The molecule has 2 heterocycles. The highest BCUT2D eigenvalue weighted by atomic mass is 32.2. The summed E-state index contributed by atoms with van der Waals surface area (Å²) in [6.45, 7) is 5.38. The van der Waals surface area contributed by atoms with Crippen LogP contribution in [0.1, 0.15) is 70.7 Å². The minimum atomic E-state index is -3.31. The molecule has 1 aromatic carbocycles. The number of benzene rings is 1. The largest absolute Gasteiger partial charge is 0.331 e. The lowest BCUT2D eigenvalue weighted by molar-refractivity contribution is -0.138. The van der Waals surface area contributed by atoms with Crippen LogP contribution in [-0.2, 0) is 21.2 Å². The summed E-state index contributed by atoms with van der Waals surface area (Å²) in [5, 5.41) is 0. The van der Waals surface area contributed by atoms with E-state index in [1.54, 1.807) is 18.2 Å². The minimum absolute atomic E-state index is 0.0185. The lowest BCUT2D eigenvalue weighted by Crippen LogP contribution is -2.51. The quantitative estimate of drug-likeness (QED) is 0.633. The Kier molecular flexibility index (Phi) is 7.48. The molecule has 34 heavy (non-hydrogen) atoms. The number of amides is 1. The highest BCUT2D eigenvalue weighted by Crippen LogP contribution is 2.38. The molecule has 3 atom stereocenters. The van der Waals surface area contributed by atoms with Gasteiger partial charge in [0.1, 0.15) is 5.82 Å². The molecule has 2 aromatic rings. The van der Waals surface area contributed by atoms with Gasteiger partial charge in [0.25, 0.3) is 0 Å². The molecule has 1 aromatic heterocycles. The van der Waals surface area contributed by atoms with E-state index in [4.69, 9.17) is 10.7 Å². The van der Waals surface area contributed by atoms with Gasteiger partial charge in [-0.05, 0) is 30.4 Å². The Morgan fingerprint density at radius 2 is 1.94 bits per heavy atom. The second kappa shape index (κ2) is 10.2. The maximum absolute atomic E-state index is 13.5. The topological polar surface area (TPSA) is 98.3 Å². The van der Waals surface area contributed by atoms with Gasteiger partial charge in [0, 0.05) is 31.1 Å². The van der Waals surface area contributed by atoms with Gasteiger partial charge in [-0.3, -0.25) is 4.79 Å². The van der Waals surface area contributed by atoms with E-state index in [1.807, 2.05) is 24.1 Å². The third-order valence-electron chi connectivity index (χ3n) is 7.73. The van der Waals surface area contributed by atoms with Gasteiger partial charge >= 0.3 is 0 Å². The zero-order chi connectivity index (χ0) is 24.5. The molecule has 0 spiro atoms. The van der Waals surface area contributed by atoms with Crippen LogP contribution in [-0.4, -0.2) is 47.6 Å². The second-order valence-electron chi connectivity index (χ2n) is 10.2. The Labute approximate surface area is 203 Å². The van der Waals surface area contributed by atoms with E-state index < -0.39 is 15.9 Å². The van der Waals surface area contributed by atoms with Crippen LogP contribution in [0.25, 0.3) is 11.3 Å². The first-order valence-electron chi connectivity index (χ1n) is 12.6. The van der Waals surface area contributed by atoms with E-state index in [2.05, 4.69) is 11.5 Å². The zero-order valence-corrected chi connectivity index (χ0v) is 21.4. The van der Waals surface area contributed by atoms with Gasteiger partial charge in [-0.1, -0.05) is 64.5 Å². The highest BCUT2D eigenvalue weighted by molar-refractivity contribution is 7.90. The first kappa shape index (κ1) is 24.9. The maximum atomic E-state index is 13.5. The number of rotatable bonds is 7. The fourth-order valence-corrected chi connectivity index (χ4v) is 6.00. The second-order valence-corrected chi connectivity index (χ2v) is 12.2. The Balaban J connectivity index is 1.69. The van der Waals surface area contributed by atoms with E-state index in [9.17, 15) is 13.2 Å². The Morgan fingerprint density at radius 1 is 1.21 bits per heavy atom. The van der Waals surface area contributed by atoms with Gasteiger partial charge < -0.3 is 15.2 Å². The molecule has 8 heteroatoms. The van der Waals surface area contributed by atoms with Crippen molar-refractivity contribution in [3.8, 4) is 11.3 Å². The van der Waals surface area contributed by atoms with Gasteiger partial charge in [-0.2, -0.15) is 0 Å². The molecule has 1 amide bonds. The number of nitrogens with zero attached hydrogens (tertiary/aromatic N) is 3. The molecule has 2 N–H and O–H groups in total. The number of sulfone groups is 1.